The number of carbonyl (C=O) groups is 2. The van der Waals surface area contributed by atoms with Crippen molar-refractivity contribution in [1.82, 2.24) is 9.78 Å². The van der Waals surface area contributed by atoms with Crippen LogP contribution in [-0.2, 0) is 36.7 Å². The second-order valence-electron chi connectivity index (χ2n) is 10.2. The molecule has 0 bridgehead atoms. The molecule has 41 heavy (non-hydrogen) atoms. The molecule has 3 atom stereocenters. The number of benzene rings is 1. The van der Waals surface area contributed by atoms with Gasteiger partial charge in [0, 0.05) is 30.9 Å². The van der Waals surface area contributed by atoms with E-state index >= 15 is 0 Å². The van der Waals surface area contributed by atoms with Gasteiger partial charge in [-0.1, -0.05) is 12.1 Å². The molecule has 1 fully saturated rings. The Bertz CT molecular complexity index is 1120. The van der Waals surface area contributed by atoms with Gasteiger partial charge in [0.1, 0.15) is 19.0 Å². The molecule has 0 aliphatic carbocycles. The monoisotopic (exact) mass is 578 g/mol. The molecule has 2 aromatic rings. The highest BCUT2D eigenvalue weighted by atomic mass is 16.7. The second-order valence-corrected chi connectivity index (χ2v) is 10.2. The molecule has 1 aromatic carbocycles. The minimum atomic E-state index is -0.857. The Kier molecular flexibility index (Phi) is 12.1. The summed E-state index contributed by atoms with van der Waals surface area (Å²) in [4.78, 5) is 23.7. The van der Waals surface area contributed by atoms with Crippen LogP contribution in [0, 0.1) is 0 Å². The van der Waals surface area contributed by atoms with E-state index < -0.39 is 30.8 Å². The third kappa shape index (κ3) is 9.82. The summed E-state index contributed by atoms with van der Waals surface area (Å²) in [5, 5.41) is 15.2. The Balaban J connectivity index is 1.87. The first kappa shape index (κ1) is 32.0. The number of aromatic nitrogens is 2. The molecule has 1 aliphatic heterocycles. The van der Waals surface area contributed by atoms with Gasteiger partial charge >= 0.3 is 12.3 Å². The van der Waals surface area contributed by atoms with E-state index in [1.165, 1.54) is 0 Å². The maximum Gasteiger partial charge on any atom is 0.508 e. The molecule has 12 nitrogen and oxygen atoms in total. The minimum absolute atomic E-state index is 0.0501. The van der Waals surface area contributed by atoms with E-state index in [-0.39, 0.29) is 57.3 Å². The third-order valence-corrected chi connectivity index (χ3v) is 6.07. The highest BCUT2D eigenvalue weighted by Gasteiger charge is 2.33. The first-order valence-corrected chi connectivity index (χ1v) is 14.0. The van der Waals surface area contributed by atoms with Crippen LogP contribution in [0.2, 0.25) is 0 Å². The van der Waals surface area contributed by atoms with Crippen LogP contribution in [0.4, 0.5) is 9.59 Å². The zero-order valence-electron chi connectivity index (χ0n) is 24.7. The lowest BCUT2D eigenvalue weighted by Gasteiger charge is -2.32. The fourth-order valence-electron chi connectivity index (χ4n) is 4.36. The number of hydrogen-bond donors (Lipinski definition) is 1. The highest BCUT2D eigenvalue weighted by molar-refractivity contribution is 5.60. The number of carbonyl (C=O) groups excluding carboxylic acids is 2. The zero-order valence-corrected chi connectivity index (χ0v) is 24.7. The second kappa shape index (κ2) is 15.5. The van der Waals surface area contributed by atoms with Gasteiger partial charge in [-0.3, -0.25) is 4.68 Å². The lowest BCUT2D eigenvalue weighted by atomic mass is 10.0. The van der Waals surface area contributed by atoms with Crippen LogP contribution in [-0.4, -0.2) is 71.6 Å². The molecule has 0 saturated carbocycles. The standard InChI is InChI=1S/C29H42N2O10/c1-7-35-28(33)37-16-23-14-21(32)15-26(40-23)41-27-24(13-20-9-11-22(12-10-20)39-19(5)6)25(31(30-27)18(3)4)17-38-29(34)36-8-2/h9-12,18-19,21,23,26,32H,7-8,13-17H2,1-6H3. The van der Waals surface area contributed by atoms with Crippen LogP contribution in [0.5, 0.6) is 11.6 Å². The lowest BCUT2D eigenvalue weighted by Crippen LogP contribution is -2.41. The van der Waals surface area contributed by atoms with E-state index in [1.54, 1.807) is 18.5 Å². The van der Waals surface area contributed by atoms with Crippen molar-refractivity contribution in [2.45, 2.75) is 98.1 Å². The van der Waals surface area contributed by atoms with E-state index in [4.69, 9.17) is 38.3 Å². The molecule has 0 spiro atoms. The van der Waals surface area contributed by atoms with Crippen LogP contribution in [0.25, 0.3) is 0 Å². The van der Waals surface area contributed by atoms with Gasteiger partial charge in [0.05, 0.1) is 37.2 Å². The average molecular weight is 579 g/mol. The molecular formula is C29H42N2O10. The number of hydrogen-bond acceptors (Lipinski definition) is 11. The molecule has 1 aliphatic rings. The van der Waals surface area contributed by atoms with Crippen molar-refractivity contribution in [3.63, 3.8) is 0 Å². The molecule has 12 heteroatoms. The summed E-state index contributed by atoms with van der Waals surface area (Å²) in [5.41, 5.74) is 2.30. The molecule has 1 aromatic heterocycles. The van der Waals surface area contributed by atoms with E-state index in [0.717, 1.165) is 11.3 Å². The fraction of sp³-hybridized carbons (Fsp3) is 0.621. The Hall–Kier alpha value is -3.51. The summed E-state index contributed by atoms with van der Waals surface area (Å²) in [6.07, 6.45) is -2.84. The van der Waals surface area contributed by atoms with Crippen molar-refractivity contribution >= 4 is 12.3 Å². The van der Waals surface area contributed by atoms with Gasteiger partial charge in [-0.2, -0.15) is 0 Å². The van der Waals surface area contributed by atoms with E-state index in [1.807, 2.05) is 52.0 Å². The quantitative estimate of drug-likeness (QED) is 0.324. The summed E-state index contributed by atoms with van der Waals surface area (Å²) in [7, 11) is 0. The van der Waals surface area contributed by atoms with Gasteiger partial charge < -0.3 is 38.3 Å². The topological polar surface area (TPSA) is 137 Å². The van der Waals surface area contributed by atoms with Gasteiger partial charge in [0.2, 0.25) is 12.2 Å². The first-order valence-electron chi connectivity index (χ1n) is 14.0. The van der Waals surface area contributed by atoms with E-state index in [0.29, 0.717) is 17.7 Å². The Morgan fingerprint density at radius 2 is 1.66 bits per heavy atom. The molecule has 1 saturated heterocycles. The van der Waals surface area contributed by atoms with Crippen molar-refractivity contribution < 1.29 is 47.9 Å². The van der Waals surface area contributed by atoms with Crippen LogP contribution < -0.4 is 9.47 Å². The fourth-order valence-corrected chi connectivity index (χ4v) is 4.36. The molecule has 0 radical (unpaired) electrons. The zero-order chi connectivity index (χ0) is 29.9. The van der Waals surface area contributed by atoms with Crippen molar-refractivity contribution in [3.8, 4) is 11.6 Å². The van der Waals surface area contributed by atoms with Crippen molar-refractivity contribution in [3.05, 3.63) is 41.1 Å². The van der Waals surface area contributed by atoms with Gasteiger partial charge in [0.25, 0.3) is 0 Å². The number of aliphatic hydroxyl groups is 1. The summed E-state index contributed by atoms with van der Waals surface area (Å²) in [6.45, 7) is 11.4. The molecule has 0 amide bonds. The van der Waals surface area contributed by atoms with E-state index in [2.05, 4.69) is 0 Å². The van der Waals surface area contributed by atoms with Crippen molar-refractivity contribution in [2.24, 2.45) is 0 Å². The molecule has 1 N–H and O–H groups in total. The smallest absolute Gasteiger partial charge is 0.491 e. The van der Waals surface area contributed by atoms with Gasteiger partial charge in [-0.25, -0.2) is 9.59 Å². The predicted octanol–water partition coefficient (Wildman–Crippen LogP) is 4.93. The third-order valence-electron chi connectivity index (χ3n) is 6.07. The molecule has 2 heterocycles. The normalized spacial score (nSPS) is 18.7. The lowest BCUT2D eigenvalue weighted by molar-refractivity contribution is -0.187. The van der Waals surface area contributed by atoms with E-state index in [9.17, 15) is 14.7 Å². The number of aliphatic hydroxyl groups excluding tert-OH is 1. The number of rotatable bonds is 13. The summed E-state index contributed by atoms with van der Waals surface area (Å²) >= 11 is 0. The Morgan fingerprint density at radius 1 is 1.00 bits per heavy atom. The van der Waals surface area contributed by atoms with Crippen LogP contribution in [0.15, 0.2) is 24.3 Å². The van der Waals surface area contributed by atoms with Gasteiger partial charge in [0.15, 0.2) is 0 Å². The Morgan fingerprint density at radius 3 is 2.27 bits per heavy atom. The molecular weight excluding hydrogens is 536 g/mol. The molecule has 3 rings (SSSR count). The number of ether oxygens (including phenoxy) is 7. The largest absolute Gasteiger partial charge is 0.508 e. The summed E-state index contributed by atoms with van der Waals surface area (Å²) in [5.74, 6) is 1.04. The van der Waals surface area contributed by atoms with Gasteiger partial charge in [-0.15, -0.1) is 5.10 Å². The molecule has 3 unspecified atom stereocenters. The van der Waals surface area contributed by atoms with Crippen LogP contribution >= 0.6 is 0 Å². The number of nitrogens with zero attached hydrogens (tertiary/aromatic N) is 2. The first-order chi connectivity index (χ1) is 19.6. The van der Waals surface area contributed by atoms with Crippen LogP contribution in [0.1, 0.15) is 77.2 Å². The summed E-state index contributed by atoms with van der Waals surface area (Å²) < 4.78 is 40.0. The molecule has 228 valence electrons. The average Bonchev–Trinajstić information content (AvgIpc) is 3.24. The summed E-state index contributed by atoms with van der Waals surface area (Å²) in [6, 6.07) is 7.61. The Labute approximate surface area is 240 Å². The van der Waals surface area contributed by atoms with Crippen molar-refractivity contribution in [1.29, 1.82) is 0 Å². The minimum Gasteiger partial charge on any atom is -0.491 e. The highest BCUT2D eigenvalue weighted by Crippen LogP contribution is 2.32. The van der Waals surface area contributed by atoms with Crippen molar-refractivity contribution in [2.75, 3.05) is 19.8 Å². The maximum atomic E-state index is 12.0. The SMILES string of the molecule is CCOC(=O)OCc1c(Cc2ccc(OC(C)C)cc2)c(OC2CC(O)CC(COC(=O)OCC)O2)nn1C(C)C. The maximum absolute atomic E-state index is 12.0. The predicted molar refractivity (Wildman–Crippen MR) is 147 cm³/mol. The van der Waals surface area contributed by atoms with Gasteiger partial charge in [-0.05, 0) is 59.2 Å². The van der Waals surface area contributed by atoms with Crippen LogP contribution in [0.3, 0.4) is 0 Å².